The van der Waals surface area contributed by atoms with Crippen molar-refractivity contribution in [2.45, 2.75) is 123 Å². The Morgan fingerprint density at radius 1 is 0.815 bits per heavy atom. The van der Waals surface area contributed by atoms with Crippen LogP contribution in [0, 0.1) is 0 Å². The summed E-state index contributed by atoms with van der Waals surface area (Å²) in [4.78, 5) is 22.6. The van der Waals surface area contributed by atoms with E-state index < -0.39 is 5.97 Å². The van der Waals surface area contributed by atoms with Crippen molar-refractivity contribution in [2.75, 3.05) is 0 Å². The van der Waals surface area contributed by atoms with Crippen molar-refractivity contribution >= 4 is 11.9 Å². The average molecular weight is 383 g/mol. The lowest BCUT2D eigenvalue weighted by atomic mass is 10.1. The van der Waals surface area contributed by atoms with Gasteiger partial charge in [0.05, 0.1) is 0 Å². The van der Waals surface area contributed by atoms with Gasteiger partial charge in [-0.25, -0.2) is 0 Å². The van der Waals surface area contributed by atoms with E-state index in [-0.39, 0.29) is 18.5 Å². The third-order valence-electron chi connectivity index (χ3n) is 4.72. The molecule has 1 atom stereocenters. The first kappa shape index (κ1) is 25.7. The fraction of sp³-hybridized carbons (Fsp3) is 0.826. The zero-order chi connectivity index (χ0) is 20.2. The van der Waals surface area contributed by atoms with E-state index in [1.54, 1.807) is 0 Å². The normalized spacial score (nSPS) is 12.4. The average Bonchev–Trinajstić information content (AvgIpc) is 2.64. The molecular weight excluding hydrogens is 340 g/mol. The van der Waals surface area contributed by atoms with E-state index in [1.165, 1.54) is 38.5 Å². The lowest BCUT2D eigenvalue weighted by Crippen LogP contribution is -2.16. The van der Waals surface area contributed by atoms with Crippen LogP contribution < -0.4 is 0 Å². The second kappa shape index (κ2) is 19.4. The van der Waals surface area contributed by atoms with Gasteiger partial charge in [0.25, 0.3) is 0 Å². The van der Waals surface area contributed by atoms with Gasteiger partial charge in [-0.2, -0.15) is 0 Å². The Labute approximate surface area is 166 Å². The molecular formula is C23H42O4. The first-order valence-corrected chi connectivity index (χ1v) is 11.2. The number of rotatable bonds is 19. The second-order valence-corrected chi connectivity index (χ2v) is 7.46. The van der Waals surface area contributed by atoms with Crippen LogP contribution in [0.1, 0.15) is 117 Å². The molecule has 0 radical (unpaired) electrons. The molecule has 0 aliphatic heterocycles. The highest BCUT2D eigenvalue weighted by molar-refractivity contribution is 5.69. The maximum Gasteiger partial charge on any atom is 0.306 e. The molecule has 0 spiro atoms. The highest BCUT2D eigenvalue weighted by atomic mass is 16.5. The quantitative estimate of drug-likeness (QED) is 0.151. The van der Waals surface area contributed by atoms with Crippen LogP contribution in [0.3, 0.4) is 0 Å². The van der Waals surface area contributed by atoms with Crippen molar-refractivity contribution in [1.29, 1.82) is 0 Å². The van der Waals surface area contributed by atoms with Crippen LogP contribution in [0.5, 0.6) is 0 Å². The van der Waals surface area contributed by atoms with E-state index in [0.29, 0.717) is 6.42 Å². The zero-order valence-corrected chi connectivity index (χ0v) is 17.7. The SMILES string of the molecule is CCCCCC/C=C\C(CCCCCCC(=O)O)OC(=O)CCCCCC. The zero-order valence-electron chi connectivity index (χ0n) is 17.7. The fourth-order valence-electron chi connectivity index (χ4n) is 3.03. The molecule has 0 saturated carbocycles. The topological polar surface area (TPSA) is 63.6 Å². The standard InChI is InChI=1S/C23H42O4/c1-3-5-7-9-10-13-17-21(18-14-11-12-15-19-22(24)25)27-23(26)20-16-8-6-4-2/h13,17,21H,3-12,14-16,18-20H2,1-2H3,(H,24,25)/b17-13-. The molecule has 0 amide bonds. The number of carboxylic acids is 1. The number of allylic oxidation sites excluding steroid dienone is 1. The minimum Gasteiger partial charge on any atom is -0.481 e. The summed E-state index contributed by atoms with van der Waals surface area (Å²) < 4.78 is 5.68. The summed E-state index contributed by atoms with van der Waals surface area (Å²) in [5, 5.41) is 8.67. The predicted octanol–water partition coefficient (Wildman–Crippen LogP) is 6.82. The molecule has 0 fully saturated rings. The third-order valence-corrected chi connectivity index (χ3v) is 4.72. The Kier molecular flexibility index (Phi) is 18.5. The van der Waals surface area contributed by atoms with Crippen LogP contribution in [-0.2, 0) is 14.3 Å². The number of carbonyl (C=O) groups is 2. The van der Waals surface area contributed by atoms with Crippen LogP contribution >= 0.6 is 0 Å². The smallest absolute Gasteiger partial charge is 0.306 e. The molecule has 4 nitrogen and oxygen atoms in total. The highest BCUT2D eigenvalue weighted by Crippen LogP contribution is 2.14. The van der Waals surface area contributed by atoms with E-state index in [9.17, 15) is 9.59 Å². The molecule has 0 rings (SSSR count). The summed E-state index contributed by atoms with van der Waals surface area (Å²) in [5.41, 5.74) is 0. The van der Waals surface area contributed by atoms with Crippen molar-refractivity contribution in [3.8, 4) is 0 Å². The number of hydrogen-bond donors (Lipinski definition) is 1. The summed E-state index contributed by atoms with van der Waals surface area (Å²) in [5.74, 6) is -0.812. The first-order valence-electron chi connectivity index (χ1n) is 11.2. The van der Waals surface area contributed by atoms with E-state index in [0.717, 1.165) is 51.4 Å². The predicted molar refractivity (Wildman–Crippen MR) is 112 cm³/mol. The molecule has 0 heterocycles. The number of carboxylic acid groups (broad SMARTS) is 1. The fourth-order valence-corrected chi connectivity index (χ4v) is 3.03. The van der Waals surface area contributed by atoms with Crippen LogP contribution in [0.25, 0.3) is 0 Å². The Balaban J connectivity index is 4.16. The van der Waals surface area contributed by atoms with Gasteiger partial charge in [0.1, 0.15) is 6.10 Å². The van der Waals surface area contributed by atoms with Crippen molar-refractivity contribution in [2.24, 2.45) is 0 Å². The molecule has 0 aliphatic carbocycles. The summed E-state index contributed by atoms with van der Waals surface area (Å²) in [6.45, 7) is 4.37. The van der Waals surface area contributed by atoms with Gasteiger partial charge in [-0.3, -0.25) is 9.59 Å². The maximum absolute atomic E-state index is 12.1. The largest absolute Gasteiger partial charge is 0.481 e. The molecule has 4 heteroatoms. The molecule has 0 aromatic rings. The van der Waals surface area contributed by atoms with E-state index >= 15 is 0 Å². The Bertz CT molecular complexity index is 390. The van der Waals surface area contributed by atoms with Gasteiger partial charge >= 0.3 is 11.9 Å². The molecule has 0 bridgehead atoms. The van der Waals surface area contributed by atoms with Crippen molar-refractivity contribution in [1.82, 2.24) is 0 Å². The number of carbonyl (C=O) groups excluding carboxylic acids is 1. The highest BCUT2D eigenvalue weighted by Gasteiger charge is 2.11. The molecule has 0 aromatic heterocycles. The Morgan fingerprint density at radius 3 is 2.07 bits per heavy atom. The molecule has 1 N–H and O–H groups in total. The van der Waals surface area contributed by atoms with Crippen LogP contribution in [0.15, 0.2) is 12.2 Å². The molecule has 0 aromatic carbocycles. The number of hydrogen-bond acceptors (Lipinski definition) is 3. The third kappa shape index (κ3) is 19.3. The van der Waals surface area contributed by atoms with Crippen LogP contribution in [0.4, 0.5) is 0 Å². The maximum atomic E-state index is 12.1. The second-order valence-electron chi connectivity index (χ2n) is 7.46. The summed E-state index contributed by atoms with van der Waals surface area (Å²) in [6.07, 6.45) is 19.6. The van der Waals surface area contributed by atoms with Gasteiger partial charge in [0, 0.05) is 12.8 Å². The van der Waals surface area contributed by atoms with E-state index in [4.69, 9.17) is 9.84 Å². The molecule has 0 aliphatic rings. The number of aliphatic carboxylic acids is 1. The summed E-state index contributed by atoms with van der Waals surface area (Å²) >= 11 is 0. The van der Waals surface area contributed by atoms with Crippen LogP contribution in [0.2, 0.25) is 0 Å². The van der Waals surface area contributed by atoms with Gasteiger partial charge in [-0.15, -0.1) is 0 Å². The Morgan fingerprint density at radius 2 is 1.41 bits per heavy atom. The van der Waals surface area contributed by atoms with Gasteiger partial charge in [0.15, 0.2) is 0 Å². The van der Waals surface area contributed by atoms with Crippen molar-refractivity contribution < 1.29 is 19.4 Å². The Hall–Kier alpha value is -1.32. The summed E-state index contributed by atoms with van der Waals surface area (Å²) in [6, 6.07) is 0. The minimum atomic E-state index is -0.726. The molecule has 27 heavy (non-hydrogen) atoms. The minimum absolute atomic E-state index is 0.0855. The van der Waals surface area contributed by atoms with E-state index in [2.05, 4.69) is 26.0 Å². The lowest BCUT2D eigenvalue weighted by molar-refractivity contribution is -0.147. The van der Waals surface area contributed by atoms with Crippen LogP contribution in [-0.4, -0.2) is 23.1 Å². The van der Waals surface area contributed by atoms with Gasteiger partial charge in [-0.1, -0.05) is 71.3 Å². The lowest BCUT2D eigenvalue weighted by Gasteiger charge is -2.14. The first-order chi connectivity index (χ1) is 13.1. The number of ether oxygens (including phenoxy) is 1. The molecule has 0 saturated heterocycles. The van der Waals surface area contributed by atoms with Crippen molar-refractivity contribution in [3.05, 3.63) is 12.2 Å². The van der Waals surface area contributed by atoms with E-state index in [1.807, 2.05) is 0 Å². The van der Waals surface area contributed by atoms with Gasteiger partial charge in [-0.05, 0) is 44.6 Å². The molecule has 1 unspecified atom stereocenters. The monoisotopic (exact) mass is 382 g/mol. The van der Waals surface area contributed by atoms with Crippen molar-refractivity contribution in [3.63, 3.8) is 0 Å². The summed E-state index contributed by atoms with van der Waals surface area (Å²) in [7, 11) is 0. The number of esters is 1. The number of unbranched alkanes of at least 4 members (excludes halogenated alkanes) is 10. The van der Waals surface area contributed by atoms with Gasteiger partial charge in [0.2, 0.25) is 0 Å². The van der Waals surface area contributed by atoms with Gasteiger partial charge < -0.3 is 9.84 Å². The molecule has 158 valence electrons.